The largest absolute Gasteiger partial charge is 0.480 e. The fourth-order valence-electron chi connectivity index (χ4n) is 1.39. The number of aliphatic hydroxyl groups excluding tert-OH is 1. The molecule has 102 valence electrons. The number of carbonyl (C=O) groups is 2. The van der Waals surface area contributed by atoms with Gasteiger partial charge in [-0.3, -0.25) is 4.79 Å². The second kappa shape index (κ2) is 7.27. The number of aliphatic carboxylic acids is 1. The quantitative estimate of drug-likeness (QED) is 0.665. The van der Waals surface area contributed by atoms with E-state index < -0.39 is 23.7 Å². The van der Waals surface area contributed by atoms with Crippen molar-refractivity contribution in [2.45, 2.75) is 12.5 Å². The lowest BCUT2D eigenvalue weighted by atomic mass is 10.2. The summed E-state index contributed by atoms with van der Waals surface area (Å²) >= 11 is 0. The van der Waals surface area contributed by atoms with Crippen LogP contribution < -0.4 is 5.32 Å². The van der Waals surface area contributed by atoms with Crippen molar-refractivity contribution < 1.29 is 24.2 Å². The molecule has 1 aromatic rings. The molecule has 0 saturated carbocycles. The molecule has 0 aromatic heterocycles. The van der Waals surface area contributed by atoms with E-state index in [1.165, 1.54) is 24.3 Å². The molecule has 19 heavy (non-hydrogen) atoms. The molecule has 0 aliphatic carbocycles. The van der Waals surface area contributed by atoms with E-state index in [9.17, 15) is 14.0 Å². The number of benzene rings is 1. The van der Waals surface area contributed by atoms with Gasteiger partial charge in [-0.1, -0.05) is 12.1 Å². The first-order chi connectivity index (χ1) is 9.02. The van der Waals surface area contributed by atoms with Crippen LogP contribution in [0.1, 0.15) is 12.0 Å². The van der Waals surface area contributed by atoms with Gasteiger partial charge < -0.3 is 15.5 Å². The van der Waals surface area contributed by atoms with Crippen molar-refractivity contribution in [2.75, 3.05) is 6.61 Å². The maximum atomic E-state index is 12.9. The van der Waals surface area contributed by atoms with Gasteiger partial charge in [-0.2, -0.15) is 0 Å². The summed E-state index contributed by atoms with van der Waals surface area (Å²) in [5, 5.41) is 19.7. The Labute approximate surface area is 109 Å². The van der Waals surface area contributed by atoms with Crippen LogP contribution in [-0.2, 0) is 9.59 Å². The summed E-state index contributed by atoms with van der Waals surface area (Å²) < 4.78 is 12.9. The first-order valence-corrected chi connectivity index (χ1v) is 5.60. The lowest BCUT2D eigenvalue weighted by molar-refractivity contribution is -0.141. The highest BCUT2D eigenvalue weighted by atomic mass is 19.1. The van der Waals surface area contributed by atoms with E-state index in [0.29, 0.717) is 5.56 Å². The van der Waals surface area contributed by atoms with E-state index in [1.807, 2.05) is 0 Å². The Bertz CT molecular complexity index is 487. The Morgan fingerprint density at radius 2 is 2.16 bits per heavy atom. The molecule has 0 radical (unpaired) electrons. The van der Waals surface area contributed by atoms with Gasteiger partial charge in [-0.25, -0.2) is 9.18 Å². The average molecular weight is 267 g/mol. The van der Waals surface area contributed by atoms with E-state index in [-0.39, 0.29) is 13.0 Å². The van der Waals surface area contributed by atoms with Crippen molar-refractivity contribution in [3.63, 3.8) is 0 Å². The smallest absolute Gasteiger partial charge is 0.326 e. The number of amides is 1. The minimum Gasteiger partial charge on any atom is -0.480 e. The molecule has 5 nitrogen and oxygen atoms in total. The first kappa shape index (κ1) is 14.8. The third-order valence-corrected chi connectivity index (χ3v) is 2.31. The van der Waals surface area contributed by atoms with Crippen LogP contribution >= 0.6 is 0 Å². The molecule has 0 spiro atoms. The van der Waals surface area contributed by atoms with E-state index in [1.54, 1.807) is 6.07 Å². The molecular weight excluding hydrogens is 253 g/mol. The first-order valence-electron chi connectivity index (χ1n) is 5.60. The predicted molar refractivity (Wildman–Crippen MR) is 66.7 cm³/mol. The lowest BCUT2D eigenvalue weighted by Crippen LogP contribution is -2.40. The molecule has 3 N–H and O–H groups in total. The van der Waals surface area contributed by atoms with Crippen molar-refractivity contribution in [2.24, 2.45) is 0 Å². The SMILES string of the molecule is O=C(C=Cc1cccc(F)c1)NC(CCO)C(=O)O. The molecule has 1 amide bonds. The van der Waals surface area contributed by atoms with Gasteiger partial charge in [0.15, 0.2) is 0 Å². The van der Waals surface area contributed by atoms with Crippen LogP contribution in [0.5, 0.6) is 0 Å². The highest BCUT2D eigenvalue weighted by Crippen LogP contribution is 2.05. The number of carbonyl (C=O) groups excluding carboxylic acids is 1. The van der Waals surface area contributed by atoms with Crippen LogP contribution in [-0.4, -0.2) is 34.7 Å². The zero-order valence-corrected chi connectivity index (χ0v) is 10.0. The molecule has 1 aromatic carbocycles. The summed E-state index contributed by atoms with van der Waals surface area (Å²) in [5.41, 5.74) is 0.490. The molecule has 0 saturated heterocycles. The number of carboxylic acid groups (broad SMARTS) is 1. The van der Waals surface area contributed by atoms with E-state index >= 15 is 0 Å². The zero-order chi connectivity index (χ0) is 14.3. The molecule has 0 aliphatic heterocycles. The van der Waals surface area contributed by atoms with E-state index in [0.717, 1.165) is 6.08 Å². The number of halogens is 1. The average Bonchev–Trinajstić information content (AvgIpc) is 2.36. The fourth-order valence-corrected chi connectivity index (χ4v) is 1.39. The second-order valence-electron chi connectivity index (χ2n) is 3.80. The number of rotatable bonds is 6. The molecule has 0 aliphatic rings. The minimum atomic E-state index is -1.22. The monoisotopic (exact) mass is 267 g/mol. The Balaban J connectivity index is 2.61. The number of hydrogen-bond donors (Lipinski definition) is 3. The number of aliphatic hydroxyl groups is 1. The van der Waals surface area contributed by atoms with Crippen LogP contribution in [0.4, 0.5) is 4.39 Å². The van der Waals surface area contributed by atoms with Gasteiger partial charge in [0.2, 0.25) is 5.91 Å². The summed E-state index contributed by atoms with van der Waals surface area (Å²) in [5.74, 6) is -2.27. The Hall–Kier alpha value is -2.21. The normalized spacial score (nSPS) is 12.3. The van der Waals surface area contributed by atoms with Gasteiger partial charge in [-0.15, -0.1) is 0 Å². The van der Waals surface area contributed by atoms with E-state index in [4.69, 9.17) is 10.2 Å². The molecule has 0 bridgehead atoms. The highest BCUT2D eigenvalue weighted by Gasteiger charge is 2.17. The van der Waals surface area contributed by atoms with Crippen molar-refractivity contribution in [1.82, 2.24) is 5.32 Å². The number of hydrogen-bond acceptors (Lipinski definition) is 3. The molecule has 0 heterocycles. The maximum absolute atomic E-state index is 12.9. The van der Waals surface area contributed by atoms with Gasteiger partial charge in [0.1, 0.15) is 11.9 Å². The topological polar surface area (TPSA) is 86.6 Å². The van der Waals surface area contributed by atoms with Crippen LogP contribution in [0.25, 0.3) is 6.08 Å². The summed E-state index contributed by atoms with van der Waals surface area (Å²) in [6.07, 6.45) is 2.41. The molecule has 1 rings (SSSR count). The third kappa shape index (κ3) is 5.31. The van der Waals surface area contributed by atoms with Crippen LogP contribution in [0, 0.1) is 5.82 Å². The fraction of sp³-hybridized carbons (Fsp3) is 0.231. The Kier molecular flexibility index (Phi) is 5.69. The number of nitrogens with one attached hydrogen (secondary N) is 1. The molecule has 0 fully saturated rings. The van der Waals surface area contributed by atoms with Crippen molar-refractivity contribution in [3.05, 3.63) is 41.7 Å². The molecular formula is C13H14FNO4. The summed E-state index contributed by atoms with van der Waals surface area (Å²) in [7, 11) is 0. The van der Waals surface area contributed by atoms with Gasteiger partial charge >= 0.3 is 5.97 Å². The Morgan fingerprint density at radius 1 is 1.42 bits per heavy atom. The second-order valence-corrected chi connectivity index (χ2v) is 3.80. The standard InChI is InChI=1S/C13H14FNO4/c14-10-3-1-2-9(8-10)4-5-12(17)15-11(6-7-16)13(18)19/h1-5,8,11,16H,6-7H2,(H,15,17)(H,18,19). The molecule has 6 heteroatoms. The van der Waals surface area contributed by atoms with Gasteiger partial charge in [0, 0.05) is 19.1 Å². The minimum absolute atomic E-state index is 0.0745. The summed E-state index contributed by atoms with van der Waals surface area (Å²) in [6, 6.07) is 4.48. The van der Waals surface area contributed by atoms with Crippen LogP contribution in [0.15, 0.2) is 30.3 Å². The van der Waals surface area contributed by atoms with Crippen molar-refractivity contribution in [1.29, 1.82) is 0 Å². The van der Waals surface area contributed by atoms with Gasteiger partial charge in [0.05, 0.1) is 0 Å². The number of carboxylic acids is 1. The van der Waals surface area contributed by atoms with Gasteiger partial charge in [0.25, 0.3) is 0 Å². The van der Waals surface area contributed by atoms with Crippen molar-refractivity contribution in [3.8, 4) is 0 Å². The van der Waals surface area contributed by atoms with Crippen molar-refractivity contribution >= 4 is 18.0 Å². The molecule has 1 atom stereocenters. The summed E-state index contributed by atoms with van der Waals surface area (Å²) in [4.78, 5) is 22.2. The molecule has 1 unspecified atom stereocenters. The van der Waals surface area contributed by atoms with Crippen LogP contribution in [0.3, 0.4) is 0 Å². The lowest BCUT2D eigenvalue weighted by Gasteiger charge is -2.11. The van der Waals surface area contributed by atoms with Gasteiger partial charge in [-0.05, 0) is 23.8 Å². The maximum Gasteiger partial charge on any atom is 0.326 e. The third-order valence-electron chi connectivity index (χ3n) is 2.31. The Morgan fingerprint density at radius 3 is 2.74 bits per heavy atom. The van der Waals surface area contributed by atoms with E-state index in [2.05, 4.69) is 5.32 Å². The predicted octanol–water partition coefficient (Wildman–Crippen LogP) is 0.791. The summed E-state index contributed by atoms with van der Waals surface area (Å²) in [6.45, 7) is -0.342. The zero-order valence-electron chi connectivity index (χ0n) is 10.0. The van der Waals surface area contributed by atoms with Crippen LogP contribution in [0.2, 0.25) is 0 Å². The highest BCUT2D eigenvalue weighted by molar-refractivity contribution is 5.94.